The number of hydrogen-bond acceptors (Lipinski definition) is 3. The summed E-state index contributed by atoms with van der Waals surface area (Å²) >= 11 is 0. The second-order valence-electron chi connectivity index (χ2n) is 5.91. The first kappa shape index (κ1) is 17.4. The highest BCUT2D eigenvalue weighted by molar-refractivity contribution is 5.76. The maximum absolute atomic E-state index is 12.1. The average Bonchev–Trinajstić information content (AvgIpc) is 2.49. The van der Waals surface area contributed by atoms with Gasteiger partial charge in [0.25, 0.3) is 0 Å². The minimum atomic E-state index is 0.348. The van der Waals surface area contributed by atoms with Gasteiger partial charge in [-0.25, -0.2) is 0 Å². The standard InChI is InChI=1S/C16H33N3O/c1-3-5-6-7-9-16(20)19-12-10-18(11-13-19)15(14-17)8-4-2/h15H,3-14,17H2,1-2H3. The number of carbonyl (C=O) groups excluding carboxylic acids is 1. The summed E-state index contributed by atoms with van der Waals surface area (Å²) in [5.74, 6) is 0.348. The molecular formula is C16H33N3O. The zero-order chi connectivity index (χ0) is 14.8. The van der Waals surface area contributed by atoms with Crippen LogP contribution in [0.2, 0.25) is 0 Å². The van der Waals surface area contributed by atoms with Crippen LogP contribution >= 0.6 is 0 Å². The van der Waals surface area contributed by atoms with Crippen LogP contribution in [-0.4, -0.2) is 54.5 Å². The maximum Gasteiger partial charge on any atom is 0.222 e. The number of nitrogens with two attached hydrogens (primary N) is 1. The number of carbonyl (C=O) groups is 1. The Kier molecular flexibility index (Phi) is 8.86. The molecule has 1 rings (SSSR count). The molecule has 1 unspecified atom stereocenters. The van der Waals surface area contributed by atoms with Crippen molar-refractivity contribution >= 4 is 5.91 Å². The second kappa shape index (κ2) is 10.2. The van der Waals surface area contributed by atoms with Crippen molar-refractivity contribution in [1.82, 2.24) is 9.80 Å². The summed E-state index contributed by atoms with van der Waals surface area (Å²) in [6.07, 6.45) is 7.79. The Morgan fingerprint density at radius 2 is 1.75 bits per heavy atom. The third-order valence-corrected chi connectivity index (χ3v) is 4.32. The minimum absolute atomic E-state index is 0.348. The summed E-state index contributed by atoms with van der Waals surface area (Å²) in [5.41, 5.74) is 5.86. The van der Waals surface area contributed by atoms with E-state index in [1.54, 1.807) is 0 Å². The van der Waals surface area contributed by atoms with Crippen molar-refractivity contribution in [2.45, 2.75) is 64.8 Å². The molecule has 1 heterocycles. The topological polar surface area (TPSA) is 49.6 Å². The van der Waals surface area contributed by atoms with Gasteiger partial charge in [-0.1, -0.05) is 39.5 Å². The fourth-order valence-corrected chi connectivity index (χ4v) is 2.98. The molecule has 1 amide bonds. The zero-order valence-corrected chi connectivity index (χ0v) is 13.4. The van der Waals surface area contributed by atoms with Gasteiger partial charge in [0.1, 0.15) is 0 Å². The lowest BCUT2D eigenvalue weighted by atomic mass is 10.1. The highest BCUT2D eigenvalue weighted by Gasteiger charge is 2.24. The number of rotatable bonds is 9. The molecular weight excluding hydrogens is 250 g/mol. The molecule has 0 bridgehead atoms. The molecule has 1 saturated heterocycles. The highest BCUT2D eigenvalue weighted by atomic mass is 16.2. The molecule has 2 N–H and O–H groups in total. The van der Waals surface area contributed by atoms with E-state index in [-0.39, 0.29) is 0 Å². The molecule has 1 aliphatic heterocycles. The van der Waals surface area contributed by atoms with Gasteiger partial charge >= 0.3 is 0 Å². The highest BCUT2D eigenvalue weighted by Crippen LogP contribution is 2.12. The van der Waals surface area contributed by atoms with E-state index < -0.39 is 0 Å². The van der Waals surface area contributed by atoms with Crippen LogP contribution in [0.1, 0.15) is 58.8 Å². The van der Waals surface area contributed by atoms with E-state index in [0.717, 1.165) is 45.6 Å². The van der Waals surface area contributed by atoms with Gasteiger partial charge in [-0.05, 0) is 12.8 Å². The summed E-state index contributed by atoms with van der Waals surface area (Å²) in [6.45, 7) is 8.88. The molecule has 0 spiro atoms. The Hall–Kier alpha value is -0.610. The van der Waals surface area contributed by atoms with Crippen LogP contribution in [0.3, 0.4) is 0 Å². The van der Waals surface area contributed by atoms with E-state index >= 15 is 0 Å². The lowest BCUT2D eigenvalue weighted by Gasteiger charge is -2.39. The van der Waals surface area contributed by atoms with Crippen LogP contribution in [-0.2, 0) is 4.79 Å². The molecule has 4 heteroatoms. The average molecular weight is 283 g/mol. The lowest BCUT2D eigenvalue weighted by Crippen LogP contribution is -2.53. The van der Waals surface area contributed by atoms with Gasteiger partial charge in [0, 0.05) is 45.2 Å². The summed E-state index contributed by atoms with van der Waals surface area (Å²) in [7, 11) is 0. The normalized spacial score (nSPS) is 18.2. The number of nitrogens with zero attached hydrogens (tertiary/aromatic N) is 2. The first-order valence-corrected chi connectivity index (χ1v) is 8.44. The Labute approximate surface area is 124 Å². The van der Waals surface area contributed by atoms with Crippen LogP contribution in [0.4, 0.5) is 0 Å². The molecule has 1 fully saturated rings. The monoisotopic (exact) mass is 283 g/mol. The maximum atomic E-state index is 12.1. The van der Waals surface area contributed by atoms with E-state index in [2.05, 4.69) is 18.7 Å². The van der Waals surface area contributed by atoms with Crippen molar-refractivity contribution in [3.63, 3.8) is 0 Å². The molecule has 118 valence electrons. The third kappa shape index (κ3) is 5.80. The van der Waals surface area contributed by atoms with Crippen molar-refractivity contribution in [2.75, 3.05) is 32.7 Å². The third-order valence-electron chi connectivity index (χ3n) is 4.32. The van der Waals surface area contributed by atoms with E-state index in [9.17, 15) is 4.79 Å². The van der Waals surface area contributed by atoms with E-state index in [1.807, 2.05) is 4.90 Å². The van der Waals surface area contributed by atoms with Crippen LogP contribution in [0.5, 0.6) is 0 Å². The molecule has 0 aromatic carbocycles. The van der Waals surface area contributed by atoms with Crippen molar-refractivity contribution in [1.29, 1.82) is 0 Å². The van der Waals surface area contributed by atoms with Crippen LogP contribution in [0.25, 0.3) is 0 Å². The van der Waals surface area contributed by atoms with Crippen molar-refractivity contribution in [3.05, 3.63) is 0 Å². The SMILES string of the molecule is CCCCCCC(=O)N1CCN(C(CN)CCC)CC1. The summed E-state index contributed by atoms with van der Waals surface area (Å²) in [4.78, 5) is 16.6. The molecule has 4 nitrogen and oxygen atoms in total. The fraction of sp³-hybridized carbons (Fsp3) is 0.938. The van der Waals surface area contributed by atoms with Gasteiger partial charge in [0.2, 0.25) is 5.91 Å². The van der Waals surface area contributed by atoms with Crippen molar-refractivity contribution in [2.24, 2.45) is 5.73 Å². The molecule has 0 aromatic rings. The Morgan fingerprint density at radius 1 is 1.05 bits per heavy atom. The molecule has 20 heavy (non-hydrogen) atoms. The minimum Gasteiger partial charge on any atom is -0.340 e. The summed E-state index contributed by atoms with van der Waals surface area (Å²) in [5, 5.41) is 0. The van der Waals surface area contributed by atoms with Crippen LogP contribution in [0.15, 0.2) is 0 Å². The Morgan fingerprint density at radius 3 is 2.30 bits per heavy atom. The summed E-state index contributed by atoms with van der Waals surface area (Å²) < 4.78 is 0. The Bertz CT molecular complexity index is 262. The first-order valence-electron chi connectivity index (χ1n) is 8.44. The summed E-state index contributed by atoms with van der Waals surface area (Å²) in [6, 6.07) is 0.502. The molecule has 1 aliphatic rings. The smallest absolute Gasteiger partial charge is 0.222 e. The van der Waals surface area contributed by atoms with E-state index in [1.165, 1.54) is 32.1 Å². The largest absolute Gasteiger partial charge is 0.340 e. The fourth-order valence-electron chi connectivity index (χ4n) is 2.98. The van der Waals surface area contributed by atoms with Gasteiger partial charge in [0.05, 0.1) is 0 Å². The molecule has 1 atom stereocenters. The second-order valence-corrected chi connectivity index (χ2v) is 5.91. The van der Waals surface area contributed by atoms with Crippen LogP contribution < -0.4 is 5.73 Å². The van der Waals surface area contributed by atoms with Gasteiger partial charge < -0.3 is 10.6 Å². The number of amides is 1. The molecule has 0 aromatic heterocycles. The predicted octanol–water partition coefficient (Wildman–Crippen LogP) is 2.23. The van der Waals surface area contributed by atoms with Gasteiger partial charge in [-0.3, -0.25) is 9.69 Å². The van der Waals surface area contributed by atoms with Gasteiger partial charge in [-0.15, -0.1) is 0 Å². The Balaban J connectivity index is 2.25. The lowest BCUT2D eigenvalue weighted by molar-refractivity contribution is -0.133. The van der Waals surface area contributed by atoms with E-state index in [0.29, 0.717) is 11.9 Å². The van der Waals surface area contributed by atoms with Gasteiger partial charge in [0.15, 0.2) is 0 Å². The van der Waals surface area contributed by atoms with Crippen LogP contribution in [0, 0.1) is 0 Å². The quantitative estimate of drug-likeness (QED) is 0.660. The predicted molar refractivity (Wildman–Crippen MR) is 84.7 cm³/mol. The molecule has 0 radical (unpaired) electrons. The number of hydrogen-bond donors (Lipinski definition) is 1. The first-order chi connectivity index (χ1) is 9.72. The van der Waals surface area contributed by atoms with E-state index in [4.69, 9.17) is 5.73 Å². The number of piperazine rings is 1. The van der Waals surface area contributed by atoms with Crippen molar-refractivity contribution < 1.29 is 4.79 Å². The van der Waals surface area contributed by atoms with Gasteiger partial charge in [-0.2, -0.15) is 0 Å². The number of unbranched alkanes of at least 4 members (excludes halogenated alkanes) is 3. The molecule has 0 aliphatic carbocycles. The zero-order valence-electron chi connectivity index (χ0n) is 13.4. The van der Waals surface area contributed by atoms with Crippen molar-refractivity contribution in [3.8, 4) is 0 Å². The molecule has 0 saturated carbocycles.